The summed E-state index contributed by atoms with van der Waals surface area (Å²) in [6, 6.07) is 6.69. The molecule has 1 fully saturated rings. The highest BCUT2D eigenvalue weighted by molar-refractivity contribution is 5.83. The summed E-state index contributed by atoms with van der Waals surface area (Å²) in [5.41, 5.74) is 0.721. The van der Waals surface area contributed by atoms with Crippen molar-refractivity contribution < 1.29 is 23.4 Å². The molecule has 3 rings (SSSR count). The molecule has 0 saturated carbocycles. The minimum Gasteiger partial charge on any atom is -0.496 e. The van der Waals surface area contributed by atoms with E-state index in [1.165, 1.54) is 6.07 Å². The molecule has 2 unspecified atom stereocenters. The van der Waals surface area contributed by atoms with Crippen LogP contribution in [0.5, 0.6) is 5.75 Å². The minimum atomic E-state index is -0.577. The van der Waals surface area contributed by atoms with E-state index in [0.29, 0.717) is 22.5 Å². The first kappa shape index (κ1) is 18.2. The molecule has 1 saturated heterocycles. The van der Waals surface area contributed by atoms with Gasteiger partial charge in [-0.25, -0.2) is 4.79 Å². The molecule has 6 nitrogen and oxygen atoms in total. The van der Waals surface area contributed by atoms with Crippen molar-refractivity contribution in [2.45, 2.75) is 33.0 Å². The van der Waals surface area contributed by atoms with Crippen molar-refractivity contribution in [1.82, 2.24) is 0 Å². The average Bonchev–Trinajstić information content (AvgIpc) is 3.37. The summed E-state index contributed by atoms with van der Waals surface area (Å²) in [7, 11) is 1.54. The van der Waals surface area contributed by atoms with Gasteiger partial charge in [0.1, 0.15) is 30.1 Å². The number of ether oxygens (including phenoxy) is 3. The van der Waals surface area contributed by atoms with Crippen LogP contribution in [0.4, 0.5) is 0 Å². The second-order valence-corrected chi connectivity index (χ2v) is 7.32. The number of hydrogen-bond acceptors (Lipinski definition) is 6. The average molecular weight is 358 g/mol. The third-order valence-corrected chi connectivity index (χ3v) is 4.19. The Hall–Kier alpha value is -2.60. The first-order valence-electron chi connectivity index (χ1n) is 8.33. The van der Waals surface area contributed by atoms with E-state index in [9.17, 15) is 9.59 Å². The van der Waals surface area contributed by atoms with E-state index in [1.807, 2.05) is 6.07 Å². The van der Waals surface area contributed by atoms with Crippen LogP contribution < -0.4 is 10.4 Å². The van der Waals surface area contributed by atoms with Crippen LogP contribution in [0.3, 0.4) is 0 Å². The summed E-state index contributed by atoms with van der Waals surface area (Å²) in [5, 5.41) is 0.777. The number of rotatable bonds is 5. The zero-order chi connectivity index (χ0) is 19.1. The van der Waals surface area contributed by atoms with Gasteiger partial charge < -0.3 is 18.6 Å². The van der Waals surface area contributed by atoms with Gasteiger partial charge >= 0.3 is 11.6 Å². The van der Waals surface area contributed by atoms with Crippen molar-refractivity contribution in [2.24, 2.45) is 5.41 Å². The summed E-state index contributed by atoms with van der Waals surface area (Å²) >= 11 is 0. The normalized spacial score (nSPS) is 19.2. The summed E-state index contributed by atoms with van der Waals surface area (Å²) in [5.74, 6) is 0.267. The zero-order valence-electron chi connectivity index (χ0n) is 15.3. The molecule has 1 aromatic heterocycles. The summed E-state index contributed by atoms with van der Waals surface area (Å²) < 4.78 is 21.8. The van der Waals surface area contributed by atoms with Gasteiger partial charge in [0.25, 0.3) is 0 Å². The van der Waals surface area contributed by atoms with E-state index in [-0.39, 0.29) is 24.8 Å². The van der Waals surface area contributed by atoms with Crippen molar-refractivity contribution in [3.05, 3.63) is 52.4 Å². The van der Waals surface area contributed by atoms with Crippen LogP contribution in [-0.4, -0.2) is 25.8 Å². The standard InChI is InChI=1S/C20H22O6/c1-11(10-24-19(22)20(2,3)4)16-18(26-16)15-13(23-5)8-6-12-7-9-14(21)25-17(12)15/h6-9,16,18H,1,10H2,2-5H3. The van der Waals surface area contributed by atoms with Crippen molar-refractivity contribution in [1.29, 1.82) is 0 Å². The van der Waals surface area contributed by atoms with Crippen LogP contribution in [0.2, 0.25) is 0 Å². The number of carbonyl (C=O) groups excluding carboxylic acids is 1. The summed E-state index contributed by atoms with van der Waals surface area (Å²) in [6.45, 7) is 9.41. The maximum Gasteiger partial charge on any atom is 0.336 e. The maximum absolute atomic E-state index is 11.9. The molecule has 26 heavy (non-hydrogen) atoms. The fourth-order valence-electron chi connectivity index (χ4n) is 2.68. The van der Waals surface area contributed by atoms with Crippen LogP contribution in [0.25, 0.3) is 11.0 Å². The van der Waals surface area contributed by atoms with Gasteiger partial charge in [-0.1, -0.05) is 6.58 Å². The smallest absolute Gasteiger partial charge is 0.336 e. The molecule has 6 heteroatoms. The predicted octanol–water partition coefficient (Wildman–Crippen LogP) is 3.39. The Balaban J connectivity index is 1.81. The van der Waals surface area contributed by atoms with Crippen LogP contribution in [-0.2, 0) is 14.3 Å². The SMILES string of the molecule is C=C(COC(=O)C(C)(C)C)C1OC1c1c(OC)ccc2ccc(=O)oc12. The van der Waals surface area contributed by atoms with Gasteiger partial charge in [0.05, 0.1) is 18.1 Å². The predicted molar refractivity (Wildman–Crippen MR) is 96.2 cm³/mol. The zero-order valence-corrected chi connectivity index (χ0v) is 15.3. The van der Waals surface area contributed by atoms with E-state index in [4.69, 9.17) is 18.6 Å². The van der Waals surface area contributed by atoms with E-state index < -0.39 is 11.0 Å². The first-order valence-corrected chi connectivity index (χ1v) is 8.33. The number of epoxide rings is 1. The number of fused-ring (bicyclic) bond motifs is 1. The van der Waals surface area contributed by atoms with Crippen molar-refractivity contribution in [2.75, 3.05) is 13.7 Å². The Morgan fingerprint density at radius 3 is 2.58 bits per heavy atom. The molecule has 2 atom stereocenters. The molecule has 0 bridgehead atoms. The Labute approximate surface area is 151 Å². The Kier molecular flexibility index (Phi) is 4.63. The largest absolute Gasteiger partial charge is 0.496 e. The maximum atomic E-state index is 11.9. The second-order valence-electron chi connectivity index (χ2n) is 7.32. The van der Waals surface area contributed by atoms with Crippen LogP contribution in [0.15, 0.2) is 45.6 Å². The Morgan fingerprint density at radius 1 is 1.23 bits per heavy atom. The van der Waals surface area contributed by atoms with Gasteiger partial charge in [-0.15, -0.1) is 0 Å². The molecule has 1 aromatic carbocycles. The topological polar surface area (TPSA) is 78.3 Å². The van der Waals surface area contributed by atoms with Crippen molar-refractivity contribution in [3.8, 4) is 5.75 Å². The highest BCUT2D eigenvalue weighted by Gasteiger charge is 2.46. The number of esters is 1. The van der Waals surface area contributed by atoms with Gasteiger partial charge in [-0.05, 0) is 44.5 Å². The van der Waals surface area contributed by atoms with Gasteiger partial charge in [0, 0.05) is 11.5 Å². The number of benzene rings is 1. The fourth-order valence-corrected chi connectivity index (χ4v) is 2.68. The Morgan fingerprint density at radius 2 is 1.92 bits per heavy atom. The molecule has 2 aromatic rings. The molecule has 2 heterocycles. The number of methoxy groups -OCH3 is 1. The van der Waals surface area contributed by atoms with Gasteiger partial charge in [-0.2, -0.15) is 0 Å². The second kappa shape index (κ2) is 6.61. The molecule has 0 amide bonds. The van der Waals surface area contributed by atoms with Crippen molar-refractivity contribution >= 4 is 16.9 Å². The Bertz CT molecular complexity index is 918. The lowest BCUT2D eigenvalue weighted by Crippen LogP contribution is -2.24. The minimum absolute atomic E-state index is 0.0777. The van der Waals surface area contributed by atoms with Gasteiger partial charge in [0.15, 0.2) is 0 Å². The quantitative estimate of drug-likeness (QED) is 0.353. The third kappa shape index (κ3) is 3.51. The molecule has 0 spiro atoms. The molecular weight excluding hydrogens is 336 g/mol. The van der Waals surface area contributed by atoms with E-state index in [1.54, 1.807) is 40.0 Å². The van der Waals surface area contributed by atoms with Gasteiger partial charge in [-0.3, -0.25) is 4.79 Å². The van der Waals surface area contributed by atoms with Gasteiger partial charge in [0.2, 0.25) is 0 Å². The van der Waals surface area contributed by atoms with Crippen LogP contribution in [0.1, 0.15) is 32.4 Å². The summed E-state index contributed by atoms with van der Waals surface area (Å²) in [4.78, 5) is 23.5. The molecule has 0 radical (unpaired) electrons. The monoisotopic (exact) mass is 358 g/mol. The van der Waals surface area contributed by atoms with Crippen LogP contribution in [0, 0.1) is 5.41 Å². The lowest BCUT2D eigenvalue weighted by molar-refractivity contribution is -0.151. The lowest BCUT2D eigenvalue weighted by Gasteiger charge is -2.16. The van der Waals surface area contributed by atoms with Crippen LogP contribution >= 0.6 is 0 Å². The summed E-state index contributed by atoms with van der Waals surface area (Å²) in [6.07, 6.45) is -0.687. The molecule has 1 aliphatic heterocycles. The lowest BCUT2D eigenvalue weighted by atomic mass is 9.97. The molecule has 0 aliphatic carbocycles. The molecular formula is C20H22O6. The van der Waals surface area contributed by atoms with Crippen molar-refractivity contribution in [3.63, 3.8) is 0 Å². The molecule has 0 N–H and O–H groups in total. The third-order valence-electron chi connectivity index (χ3n) is 4.19. The molecule has 1 aliphatic rings. The number of hydrogen-bond donors (Lipinski definition) is 0. The fraction of sp³-hybridized carbons (Fsp3) is 0.400. The highest BCUT2D eigenvalue weighted by atomic mass is 16.6. The number of carbonyl (C=O) groups is 1. The first-order chi connectivity index (χ1) is 12.2. The van der Waals surface area contributed by atoms with E-state index in [0.717, 1.165) is 5.39 Å². The van der Waals surface area contributed by atoms with E-state index >= 15 is 0 Å². The van der Waals surface area contributed by atoms with E-state index in [2.05, 4.69) is 6.58 Å². The highest BCUT2D eigenvalue weighted by Crippen LogP contribution is 2.48. The molecule has 138 valence electrons.